The number of hydrogen-bond acceptors (Lipinski definition) is 3. The molecule has 112 valence electrons. The van der Waals surface area contributed by atoms with E-state index in [0.717, 1.165) is 26.2 Å². The van der Waals surface area contributed by atoms with Gasteiger partial charge in [-0.15, -0.1) is 12.4 Å². The number of carbonyl (C=O) groups is 1. The molecule has 0 aromatic carbocycles. The van der Waals surface area contributed by atoms with Crippen molar-refractivity contribution in [3.8, 4) is 0 Å². The number of halogens is 1. The summed E-state index contributed by atoms with van der Waals surface area (Å²) < 4.78 is 0. The summed E-state index contributed by atoms with van der Waals surface area (Å²) in [5, 5.41) is 0. The Kier molecular flexibility index (Phi) is 7.11. The Bertz CT molecular complexity index is 280. The number of likely N-dealkylation sites (tertiary alicyclic amines) is 2. The quantitative estimate of drug-likeness (QED) is 0.856. The molecule has 2 heterocycles. The lowest BCUT2D eigenvalue weighted by Gasteiger charge is -2.36. The first-order valence-electron chi connectivity index (χ1n) is 7.42. The van der Waals surface area contributed by atoms with E-state index in [4.69, 9.17) is 5.73 Å². The molecule has 2 rings (SSSR count). The van der Waals surface area contributed by atoms with Crippen molar-refractivity contribution in [1.29, 1.82) is 0 Å². The van der Waals surface area contributed by atoms with Gasteiger partial charge in [0.25, 0.3) is 0 Å². The van der Waals surface area contributed by atoms with Crippen molar-refractivity contribution in [2.75, 3.05) is 32.7 Å². The van der Waals surface area contributed by atoms with Crippen molar-refractivity contribution in [2.24, 2.45) is 11.7 Å². The summed E-state index contributed by atoms with van der Waals surface area (Å²) in [5.41, 5.74) is 5.98. The molecule has 0 spiro atoms. The summed E-state index contributed by atoms with van der Waals surface area (Å²) in [5.74, 6) is 0.882. The topological polar surface area (TPSA) is 49.6 Å². The van der Waals surface area contributed by atoms with Gasteiger partial charge in [0.1, 0.15) is 0 Å². The molecule has 1 amide bonds. The molecule has 0 saturated carbocycles. The molecule has 2 aliphatic rings. The number of piperidine rings is 2. The summed E-state index contributed by atoms with van der Waals surface area (Å²) >= 11 is 0. The smallest absolute Gasteiger partial charge is 0.236 e. The minimum Gasteiger partial charge on any atom is -0.342 e. The van der Waals surface area contributed by atoms with E-state index in [9.17, 15) is 4.79 Å². The maximum absolute atomic E-state index is 12.2. The predicted molar refractivity (Wildman–Crippen MR) is 80.5 cm³/mol. The Morgan fingerprint density at radius 2 is 1.89 bits per heavy atom. The van der Waals surface area contributed by atoms with Crippen LogP contribution >= 0.6 is 12.4 Å². The molecule has 0 aromatic rings. The summed E-state index contributed by atoms with van der Waals surface area (Å²) in [6, 6.07) is 0.248. The maximum Gasteiger partial charge on any atom is 0.236 e. The van der Waals surface area contributed by atoms with Gasteiger partial charge in [-0.2, -0.15) is 0 Å². The van der Waals surface area contributed by atoms with E-state index in [0.29, 0.717) is 18.4 Å². The molecular formula is C14H28ClN3O. The third-order valence-corrected chi connectivity index (χ3v) is 4.35. The number of hydrogen-bond donors (Lipinski definition) is 1. The Labute approximate surface area is 123 Å². The van der Waals surface area contributed by atoms with Gasteiger partial charge in [0, 0.05) is 25.7 Å². The zero-order valence-corrected chi connectivity index (χ0v) is 12.8. The second-order valence-corrected chi connectivity index (χ2v) is 5.94. The van der Waals surface area contributed by atoms with Crippen LogP contribution in [-0.4, -0.2) is 54.5 Å². The molecule has 0 radical (unpaired) electrons. The van der Waals surface area contributed by atoms with Gasteiger partial charge in [0.2, 0.25) is 5.91 Å². The molecule has 2 unspecified atom stereocenters. The van der Waals surface area contributed by atoms with Crippen LogP contribution in [0.4, 0.5) is 0 Å². The molecule has 0 aliphatic carbocycles. The predicted octanol–water partition coefficient (Wildman–Crippen LogP) is 1.48. The normalized spacial score (nSPS) is 26.6. The van der Waals surface area contributed by atoms with E-state index in [2.05, 4.69) is 11.8 Å². The lowest BCUT2D eigenvalue weighted by molar-refractivity contribution is -0.133. The Hall–Kier alpha value is -0.320. The largest absolute Gasteiger partial charge is 0.342 e. The Morgan fingerprint density at radius 1 is 1.21 bits per heavy atom. The van der Waals surface area contributed by atoms with Crippen molar-refractivity contribution >= 4 is 18.3 Å². The van der Waals surface area contributed by atoms with Crippen LogP contribution in [0.5, 0.6) is 0 Å². The van der Waals surface area contributed by atoms with Crippen molar-refractivity contribution in [3.63, 3.8) is 0 Å². The van der Waals surface area contributed by atoms with E-state index in [1.54, 1.807) is 0 Å². The van der Waals surface area contributed by atoms with Gasteiger partial charge >= 0.3 is 0 Å². The summed E-state index contributed by atoms with van der Waals surface area (Å²) in [6.45, 7) is 6.66. The van der Waals surface area contributed by atoms with E-state index in [-0.39, 0.29) is 18.4 Å². The lowest BCUT2D eigenvalue weighted by Crippen LogP contribution is -2.48. The van der Waals surface area contributed by atoms with Gasteiger partial charge in [-0.05, 0) is 51.5 Å². The SMILES string of the molecule is CC(N)C1CCCN(CC(=O)N2CCCCC2)C1.Cl. The van der Waals surface area contributed by atoms with Crippen LogP contribution in [0.15, 0.2) is 0 Å². The number of carbonyl (C=O) groups excluding carboxylic acids is 1. The standard InChI is InChI=1S/C14H27N3O.ClH/c1-12(15)13-6-5-7-16(10-13)11-14(18)17-8-3-2-4-9-17;/h12-13H,2-11,15H2,1H3;1H. The van der Waals surface area contributed by atoms with Gasteiger partial charge in [-0.1, -0.05) is 0 Å². The second-order valence-electron chi connectivity index (χ2n) is 5.94. The third-order valence-electron chi connectivity index (χ3n) is 4.35. The number of amides is 1. The molecule has 0 aromatic heterocycles. The summed E-state index contributed by atoms with van der Waals surface area (Å²) in [4.78, 5) is 16.5. The van der Waals surface area contributed by atoms with Gasteiger partial charge in [-0.3, -0.25) is 9.69 Å². The fraction of sp³-hybridized carbons (Fsp3) is 0.929. The Morgan fingerprint density at radius 3 is 2.53 bits per heavy atom. The minimum absolute atomic E-state index is 0. The van der Waals surface area contributed by atoms with Crippen molar-refractivity contribution < 1.29 is 4.79 Å². The summed E-state index contributed by atoms with van der Waals surface area (Å²) in [7, 11) is 0. The van der Waals surface area contributed by atoms with Gasteiger partial charge in [-0.25, -0.2) is 0 Å². The van der Waals surface area contributed by atoms with Crippen molar-refractivity contribution in [3.05, 3.63) is 0 Å². The van der Waals surface area contributed by atoms with Crippen LogP contribution in [0.1, 0.15) is 39.0 Å². The first kappa shape index (κ1) is 16.7. The molecule has 4 nitrogen and oxygen atoms in total. The van der Waals surface area contributed by atoms with E-state index < -0.39 is 0 Å². The minimum atomic E-state index is 0. The first-order valence-corrected chi connectivity index (χ1v) is 7.42. The molecule has 2 saturated heterocycles. The van der Waals surface area contributed by atoms with Gasteiger partial charge in [0.15, 0.2) is 0 Å². The van der Waals surface area contributed by atoms with Crippen LogP contribution in [-0.2, 0) is 4.79 Å². The molecule has 5 heteroatoms. The molecule has 19 heavy (non-hydrogen) atoms. The van der Waals surface area contributed by atoms with Crippen molar-refractivity contribution in [1.82, 2.24) is 9.80 Å². The average Bonchev–Trinajstić information content (AvgIpc) is 2.40. The number of nitrogens with zero attached hydrogens (tertiary/aromatic N) is 2. The highest BCUT2D eigenvalue weighted by Gasteiger charge is 2.25. The zero-order valence-electron chi connectivity index (χ0n) is 12.0. The highest BCUT2D eigenvalue weighted by molar-refractivity contribution is 5.85. The van der Waals surface area contributed by atoms with E-state index in [1.165, 1.54) is 32.1 Å². The van der Waals surface area contributed by atoms with Crippen LogP contribution in [0.2, 0.25) is 0 Å². The van der Waals surface area contributed by atoms with Crippen LogP contribution in [0.25, 0.3) is 0 Å². The molecule has 2 N–H and O–H groups in total. The van der Waals surface area contributed by atoms with Crippen molar-refractivity contribution in [2.45, 2.75) is 45.1 Å². The lowest BCUT2D eigenvalue weighted by atomic mass is 9.92. The highest BCUT2D eigenvalue weighted by atomic mass is 35.5. The van der Waals surface area contributed by atoms with E-state index in [1.807, 2.05) is 4.90 Å². The fourth-order valence-electron chi connectivity index (χ4n) is 3.10. The monoisotopic (exact) mass is 289 g/mol. The second kappa shape index (κ2) is 8.08. The highest BCUT2D eigenvalue weighted by Crippen LogP contribution is 2.19. The maximum atomic E-state index is 12.2. The van der Waals surface area contributed by atoms with Crippen LogP contribution < -0.4 is 5.73 Å². The number of rotatable bonds is 3. The summed E-state index contributed by atoms with van der Waals surface area (Å²) in [6.07, 6.45) is 6.02. The van der Waals surface area contributed by atoms with Crippen LogP contribution in [0, 0.1) is 5.92 Å². The molecular weight excluding hydrogens is 262 g/mol. The molecule has 2 fully saturated rings. The first-order chi connectivity index (χ1) is 8.66. The number of nitrogens with two attached hydrogens (primary N) is 1. The third kappa shape index (κ3) is 4.93. The molecule has 2 aliphatic heterocycles. The fourth-order valence-corrected chi connectivity index (χ4v) is 3.10. The van der Waals surface area contributed by atoms with Crippen LogP contribution in [0.3, 0.4) is 0 Å². The van der Waals surface area contributed by atoms with Gasteiger partial charge in [0.05, 0.1) is 6.54 Å². The molecule has 0 bridgehead atoms. The van der Waals surface area contributed by atoms with Gasteiger partial charge < -0.3 is 10.6 Å². The Balaban J connectivity index is 0.00000180. The zero-order chi connectivity index (χ0) is 13.0. The average molecular weight is 290 g/mol. The van der Waals surface area contributed by atoms with E-state index >= 15 is 0 Å². The molecule has 2 atom stereocenters.